The lowest BCUT2D eigenvalue weighted by molar-refractivity contribution is 0.416. The number of aromatic amines is 1. The van der Waals surface area contributed by atoms with Crippen molar-refractivity contribution in [2.24, 2.45) is 0 Å². The van der Waals surface area contributed by atoms with Crippen molar-refractivity contribution in [2.45, 2.75) is 13.0 Å². The lowest BCUT2D eigenvalue weighted by atomic mass is 10.2. The molecule has 3 rings (SSSR count). The summed E-state index contributed by atoms with van der Waals surface area (Å²) in [6, 6.07) is 6.30. The minimum Gasteiger partial charge on any atom is -0.496 e. The standard InChI is InChI=1S/C14H18BrN5O/c1-9-8-20(6-5-16-9)14-17-13(18-19-14)11-4-3-10(15)7-12(11)21-2/h3-4,7,9,16H,5-6,8H2,1-2H3,(H,17,18,19)/t9-/m0/s1. The fourth-order valence-corrected chi connectivity index (χ4v) is 2.83. The largest absolute Gasteiger partial charge is 0.496 e. The van der Waals surface area contributed by atoms with Gasteiger partial charge in [0.05, 0.1) is 12.7 Å². The summed E-state index contributed by atoms with van der Waals surface area (Å²) in [5.74, 6) is 2.23. The number of ether oxygens (including phenoxy) is 1. The predicted octanol–water partition coefficient (Wildman–Crippen LogP) is 2.04. The van der Waals surface area contributed by atoms with Crippen molar-refractivity contribution < 1.29 is 4.74 Å². The quantitative estimate of drug-likeness (QED) is 0.885. The fourth-order valence-electron chi connectivity index (χ4n) is 2.49. The molecule has 1 atom stereocenters. The van der Waals surface area contributed by atoms with Gasteiger partial charge < -0.3 is 15.0 Å². The molecule has 1 aliphatic heterocycles. The normalized spacial score (nSPS) is 18.8. The first kappa shape index (κ1) is 14.3. The summed E-state index contributed by atoms with van der Waals surface area (Å²) < 4.78 is 6.38. The highest BCUT2D eigenvalue weighted by Crippen LogP contribution is 2.31. The third-order valence-electron chi connectivity index (χ3n) is 3.54. The molecule has 0 saturated carbocycles. The molecular formula is C14H18BrN5O. The van der Waals surface area contributed by atoms with Crippen molar-refractivity contribution >= 4 is 21.9 Å². The van der Waals surface area contributed by atoms with E-state index in [-0.39, 0.29) is 0 Å². The SMILES string of the molecule is COc1cc(Br)ccc1-c1nc(N2CCN[C@@H](C)C2)n[nH]1. The average molecular weight is 352 g/mol. The van der Waals surface area contributed by atoms with Gasteiger partial charge in [-0.15, -0.1) is 5.10 Å². The van der Waals surface area contributed by atoms with Gasteiger partial charge in [-0.25, -0.2) is 0 Å². The van der Waals surface area contributed by atoms with Gasteiger partial charge in [0.2, 0.25) is 5.95 Å². The van der Waals surface area contributed by atoms with E-state index in [2.05, 4.69) is 48.3 Å². The first-order valence-electron chi connectivity index (χ1n) is 6.92. The van der Waals surface area contributed by atoms with E-state index in [0.717, 1.165) is 47.2 Å². The van der Waals surface area contributed by atoms with E-state index in [1.54, 1.807) is 7.11 Å². The zero-order valence-electron chi connectivity index (χ0n) is 12.1. The van der Waals surface area contributed by atoms with Gasteiger partial charge in [-0.05, 0) is 25.1 Å². The van der Waals surface area contributed by atoms with Crippen molar-refractivity contribution in [3.8, 4) is 17.1 Å². The van der Waals surface area contributed by atoms with Crippen LogP contribution in [0.5, 0.6) is 5.75 Å². The maximum Gasteiger partial charge on any atom is 0.245 e. The van der Waals surface area contributed by atoms with E-state index in [1.807, 2.05) is 18.2 Å². The van der Waals surface area contributed by atoms with Crippen LogP contribution in [0.25, 0.3) is 11.4 Å². The molecule has 2 aromatic rings. The van der Waals surface area contributed by atoms with Crippen LogP contribution in [0, 0.1) is 0 Å². The van der Waals surface area contributed by atoms with Crippen LogP contribution in [0.4, 0.5) is 5.95 Å². The minimum atomic E-state index is 0.447. The van der Waals surface area contributed by atoms with Gasteiger partial charge in [0, 0.05) is 30.1 Å². The molecule has 6 nitrogen and oxygen atoms in total. The van der Waals surface area contributed by atoms with Gasteiger partial charge in [0.25, 0.3) is 0 Å². The molecule has 7 heteroatoms. The summed E-state index contributed by atoms with van der Waals surface area (Å²) in [5, 5.41) is 10.8. The van der Waals surface area contributed by atoms with E-state index >= 15 is 0 Å². The van der Waals surface area contributed by atoms with Crippen LogP contribution in [-0.4, -0.2) is 48.0 Å². The summed E-state index contributed by atoms with van der Waals surface area (Å²) in [5.41, 5.74) is 0.905. The molecule has 1 saturated heterocycles. The molecule has 21 heavy (non-hydrogen) atoms. The van der Waals surface area contributed by atoms with Crippen LogP contribution in [0.2, 0.25) is 0 Å². The van der Waals surface area contributed by atoms with Crippen molar-refractivity contribution in [3.05, 3.63) is 22.7 Å². The molecule has 2 heterocycles. The van der Waals surface area contributed by atoms with E-state index in [0.29, 0.717) is 6.04 Å². The van der Waals surface area contributed by atoms with Crippen molar-refractivity contribution in [1.29, 1.82) is 0 Å². The van der Waals surface area contributed by atoms with Crippen LogP contribution in [-0.2, 0) is 0 Å². The van der Waals surface area contributed by atoms with Gasteiger partial charge >= 0.3 is 0 Å². The highest BCUT2D eigenvalue weighted by Gasteiger charge is 2.20. The van der Waals surface area contributed by atoms with E-state index < -0.39 is 0 Å². The molecule has 0 amide bonds. The molecule has 0 bridgehead atoms. The monoisotopic (exact) mass is 351 g/mol. The Morgan fingerprint density at radius 1 is 1.43 bits per heavy atom. The van der Waals surface area contributed by atoms with Crippen LogP contribution in [0.3, 0.4) is 0 Å². The van der Waals surface area contributed by atoms with Crippen molar-refractivity contribution in [1.82, 2.24) is 20.5 Å². The summed E-state index contributed by atoms with van der Waals surface area (Å²) in [4.78, 5) is 6.80. The van der Waals surface area contributed by atoms with Gasteiger partial charge in [-0.2, -0.15) is 4.98 Å². The topological polar surface area (TPSA) is 66.1 Å². The van der Waals surface area contributed by atoms with E-state index in [9.17, 15) is 0 Å². The Morgan fingerprint density at radius 2 is 2.29 bits per heavy atom. The zero-order valence-corrected chi connectivity index (χ0v) is 13.6. The highest BCUT2D eigenvalue weighted by molar-refractivity contribution is 9.10. The molecule has 1 aromatic heterocycles. The zero-order chi connectivity index (χ0) is 14.8. The number of piperazine rings is 1. The predicted molar refractivity (Wildman–Crippen MR) is 85.7 cm³/mol. The second-order valence-electron chi connectivity index (χ2n) is 5.13. The Kier molecular flexibility index (Phi) is 4.12. The van der Waals surface area contributed by atoms with Crippen LogP contribution in [0.1, 0.15) is 6.92 Å². The van der Waals surface area contributed by atoms with Crippen LogP contribution < -0.4 is 15.0 Å². The molecule has 0 aliphatic carbocycles. The number of rotatable bonds is 3. The van der Waals surface area contributed by atoms with Gasteiger partial charge in [0.15, 0.2) is 5.82 Å². The lowest BCUT2D eigenvalue weighted by Crippen LogP contribution is -2.49. The second kappa shape index (κ2) is 6.03. The number of hydrogen-bond donors (Lipinski definition) is 2. The van der Waals surface area contributed by atoms with Crippen LogP contribution in [0.15, 0.2) is 22.7 Å². The third-order valence-corrected chi connectivity index (χ3v) is 4.04. The Morgan fingerprint density at radius 3 is 3.05 bits per heavy atom. The number of H-pyrrole nitrogens is 1. The lowest BCUT2D eigenvalue weighted by Gasteiger charge is -2.30. The summed E-state index contributed by atoms with van der Waals surface area (Å²) in [7, 11) is 1.65. The molecule has 1 fully saturated rings. The molecule has 0 spiro atoms. The first-order valence-corrected chi connectivity index (χ1v) is 7.71. The van der Waals surface area contributed by atoms with Gasteiger partial charge in [0.1, 0.15) is 5.75 Å². The third kappa shape index (κ3) is 3.03. The molecule has 2 N–H and O–H groups in total. The molecule has 0 radical (unpaired) electrons. The van der Waals surface area contributed by atoms with E-state index in [4.69, 9.17) is 4.74 Å². The molecule has 1 aromatic carbocycles. The fraction of sp³-hybridized carbons (Fsp3) is 0.429. The number of nitrogens with one attached hydrogen (secondary N) is 2. The summed E-state index contributed by atoms with van der Waals surface area (Å²) >= 11 is 3.44. The average Bonchev–Trinajstić information content (AvgIpc) is 2.96. The van der Waals surface area contributed by atoms with Gasteiger partial charge in [-0.3, -0.25) is 5.10 Å². The molecule has 0 unspecified atom stereocenters. The Bertz CT molecular complexity index is 630. The Balaban J connectivity index is 1.88. The number of nitrogens with zero attached hydrogens (tertiary/aromatic N) is 3. The minimum absolute atomic E-state index is 0.447. The number of aromatic nitrogens is 3. The summed E-state index contributed by atoms with van der Waals surface area (Å²) in [6.45, 7) is 4.94. The second-order valence-corrected chi connectivity index (χ2v) is 6.05. The number of hydrogen-bond acceptors (Lipinski definition) is 5. The molecular weight excluding hydrogens is 334 g/mol. The van der Waals surface area contributed by atoms with Crippen molar-refractivity contribution in [3.63, 3.8) is 0 Å². The first-order chi connectivity index (χ1) is 10.2. The Hall–Kier alpha value is -1.60. The maximum absolute atomic E-state index is 5.41. The van der Waals surface area contributed by atoms with Crippen LogP contribution >= 0.6 is 15.9 Å². The Labute approximate surface area is 132 Å². The number of anilines is 1. The number of methoxy groups -OCH3 is 1. The smallest absolute Gasteiger partial charge is 0.245 e. The van der Waals surface area contributed by atoms with Crippen molar-refractivity contribution in [2.75, 3.05) is 31.6 Å². The number of benzene rings is 1. The van der Waals surface area contributed by atoms with E-state index in [1.165, 1.54) is 0 Å². The summed E-state index contributed by atoms with van der Waals surface area (Å²) in [6.07, 6.45) is 0. The molecule has 112 valence electrons. The number of halogens is 1. The maximum atomic E-state index is 5.41. The van der Waals surface area contributed by atoms with Gasteiger partial charge in [-0.1, -0.05) is 15.9 Å². The highest BCUT2D eigenvalue weighted by atomic mass is 79.9. The molecule has 1 aliphatic rings.